The fraction of sp³-hybridized carbons (Fsp3) is 0.444. The Morgan fingerprint density at radius 2 is 1.48 bits per heavy atom. The summed E-state index contributed by atoms with van der Waals surface area (Å²) in [6, 6.07) is 12.9. The van der Waals surface area contributed by atoms with Gasteiger partial charge in [0.15, 0.2) is 5.78 Å². The summed E-state index contributed by atoms with van der Waals surface area (Å²) in [5.74, 6) is -3.67. The Morgan fingerprint density at radius 3 is 2.03 bits per heavy atom. The number of hydrogen-bond donors (Lipinski definition) is 1. The number of esters is 2. The zero-order valence-electron chi connectivity index (χ0n) is 20.5. The van der Waals surface area contributed by atoms with Crippen molar-refractivity contribution < 1.29 is 29.0 Å². The van der Waals surface area contributed by atoms with Gasteiger partial charge in [-0.2, -0.15) is 0 Å². The molecule has 2 rings (SSSR count). The van der Waals surface area contributed by atoms with Crippen LogP contribution in [0, 0.1) is 5.92 Å². The third kappa shape index (κ3) is 7.17. The summed E-state index contributed by atoms with van der Waals surface area (Å²) < 4.78 is 11.1. The molecule has 0 aliphatic rings. The maximum Gasteiger partial charge on any atom is 0.338 e. The van der Waals surface area contributed by atoms with Crippen LogP contribution in [0.4, 0.5) is 0 Å². The number of phenols is 1. The van der Waals surface area contributed by atoms with E-state index in [0.717, 1.165) is 0 Å². The van der Waals surface area contributed by atoms with E-state index in [0.29, 0.717) is 17.5 Å². The molecule has 0 spiro atoms. The van der Waals surface area contributed by atoms with Crippen LogP contribution in [-0.4, -0.2) is 34.0 Å². The van der Waals surface area contributed by atoms with E-state index >= 15 is 0 Å². The molecule has 0 fully saturated rings. The molecule has 2 aromatic rings. The normalized spacial score (nSPS) is 13.7. The lowest BCUT2D eigenvalue weighted by Crippen LogP contribution is -2.36. The Bertz CT molecular complexity index is 1010. The number of ether oxygens (including phenoxy) is 2. The Hall–Kier alpha value is -3.15. The number of carbonyl (C=O) groups excluding carboxylic acids is 3. The molecule has 0 aliphatic heterocycles. The Morgan fingerprint density at radius 1 is 0.879 bits per heavy atom. The minimum absolute atomic E-state index is 0.0510. The molecule has 1 N–H and O–H groups in total. The number of aromatic hydroxyl groups is 1. The molecule has 0 amide bonds. The van der Waals surface area contributed by atoms with Crippen LogP contribution in [0.3, 0.4) is 0 Å². The molecule has 0 bridgehead atoms. The summed E-state index contributed by atoms with van der Waals surface area (Å²) in [4.78, 5) is 39.4. The van der Waals surface area contributed by atoms with Crippen LogP contribution in [0.1, 0.15) is 87.1 Å². The molecule has 0 aromatic heterocycles. The number of ketones is 1. The number of phenolic OH excluding ortho intramolecular Hbond substituents is 1. The molecular weight excluding hydrogens is 420 g/mol. The SMILES string of the molecule is CCC(c1cccc(C(=O)OC(C)(C)C)c1)C(C(=O)OC(C)(C)C)C(=O)c1ccccc1O. The van der Waals surface area contributed by atoms with Crippen molar-refractivity contribution in [2.45, 2.75) is 72.0 Å². The molecule has 6 nitrogen and oxygen atoms in total. The second-order valence-electron chi connectivity index (χ2n) is 10.0. The predicted octanol–water partition coefficient (Wildman–Crippen LogP) is 5.68. The number of Topliss-reactive ketones (excluding diaryl/α,β-unsaturated/α-hetero) is 1. The van der Waals surface area contributed by atoms with Crippen molar-refractivity contribution in [3.05, 3.63) is 65.2 Å². The topological polar surface area (TPSA) is 89.9 Å². The first kappa shape index (κ1) is 26.1. The quantitative estimate of drug-likeness (QED) is 0.329. The lowest BCUT2D eigenvalue weighted by Gasteiger charge is -2.28. The molecule has 6 heteroatoms. The van der Waals surface area contributed by atoms with Crippen LogP contribution in [0.2, 0.25) is 0 Å². The number of carbonyl (C=O) groups is 3. The van der Waals surface area contributed by atoms with Crippen molar-refractivity contribution in [3.63, 3.8) is 0 Å². The van der Waals surface area contributed by atoms with Crippen LogP contribution in [0.15, 0.2) is 48.5 Å². The van der Waals surface area contributed by atoms with Gasteiger partial charge in [0, 0.05) is 5.92 Å². The lowest BCUT2D eigenvalue weighted by molar-refractivity contribution is -0.158. The molecule has 33 heavy (non-hydrogen) atoms. The van der Waals surface area contributed by atoms with Gasteiger partial charge in [0.05, 0.1) is 11.1 Å². The summed E-state index contributed by atoms with van der Waals surface area (Å²) >= 11 is 0. The zero-order chi connectivity index (χ0) is 25.0. The molecule has 0 aliphatic carbocycles. The van der Waals surface area contributed by atoms with E-state index in [-0.39, 0.29) is 11.3 Å². The fourth-order valence-corrected chi connectivity index (χ4v) is 3.57. The number of para-hydroxylation sites is 1. The van der Waals surface area contributed by atoms with Gasteiger partial charge in [-0.15, -0.1) is 0 Å². The van der Waals surface area contributed by atoms with E-state index in [2.05, 4.69) is 0 Å². The molecule has 0 saturated heterocycles. The first-order valence-corrected chi connectivity index (χ1v) is 11.1. The number of benzene rings is 2. The third-order valence-electron chi connectivity index (χ3n) is 4.90. The van der Waals surface area contributed by atoms with Crippen LogP contribution in [0.5, 0.6) is 5.75 Å². The monoisotopic (exact) mass is 454 g/mol. The Labute approximate surface area is 195 Å². The average Bonchev–Trinajstić information content (AvgIpc) is 2.69. The van der Waals surface area contributed by atoms with Crippen LogP contribution < -0.4 is 0 Å². The summed E-state index contributed by atoms with van der Waals surface area (Å²) in [7, 11) is 0. The van der Waals surface area contributed by atoms with E-state index in [4.69, 9.17) is 9.47 Å². The minimum Gasteiger partial charge on any atom is -0.507 e. The summed E-state index contributed by atoms with van der Waals surface area (Å²) in [5, 5.41) is 10.3. The predicted molar refractivity (Wildman–Crippen MR) is 126 cm³/mol. The Balaban J connectivity index is 2.53. The standard InChI is InChI=1S/C27H34O6/c1-8-19(17-12-11-13-18(16-17)24(30)32-26(2,3)4)22(25(31)33-27(5,6)7)23(29)20-14-9-10-15-21(20)28/h9-16,19,22,28H,8H2,1-7H3. The summed E-state index contributed by atoms with van der Waals surface area (Å²) in [6.45, 7) is 12.4. The van der Waals surface area contributed by atoms with Crippen molar-refractivity contribution in [2.75, 3.05) is 0 Å². The van der Waals surface area contributed by atoms with Gasteiger partial charge in [-0.1, -0.05) is 31.2 Å². The van der Waals surface area contributed by atoms with Crippen LogP contribution in [0.25, 0.3) is 0 Å². The van der Waals surface area contributed by atoms with Crippen LogP contribution >= 0.6 is 0 Å². The average molecular weight is 455 g/mol. The van der Waals surface area contributed by atoms with E-state index in [9.17, 15) is 19.5 Å². The van der Waals surface area contributed by atoms with Gasteiger partial charge in [-0.25, -0.2) is 4.79 Å². The number of rotatable bonds is 7. The maximum absolute atomic E-state index is 13.5. The van der Waals surface area contributed by atoms with Crippen LogP contribution in [-0.2, 0) is 14.3 Å². The van der Waals surface area contributed by atoms with E-state index in [1.807, 2.05) is 6.92 Å². The lowest BCUT2D eigenvalue weighted by atomic mass is 9.79. The number of hydrogen-bond acceptors (Lipinski definition) is 6. The third-order valence-corrected chi connectivity index (χ3v) is 4.90. The van der Waals surface area contributed by atoms with Gasteiger partial charge in [-0.05, 0) is 77.8 Å². The van der Waals surface area contributed by atoms with Crippen molar-refractivity contribution >= 4 is 17.7 Å². The van der Waals surface area contributed by atoms with E-state index in [1.54, 1.807) is 77.9 Å². The van der Waals surface area contributed by atoms with Gasteiger partial charge < -0.3 is 14.6 Å². The van der Waals surface area contributed by atoms with E-state index < -0.39 is 40.8 Å². The molecule has 2 atom stereocenters. The second-order valence-corrected chi connectivity index (χ2v) is 10.0. The molecule has 178 valence electrons. The maximum atomic E-state index is 13.5. The second kappa shape index (κ2) is 10.2. The highest BCUT2D eigenvalue weighted by Gasteiger charge is 2.39. The highest BCUT2D eigenvalue weighted by Crippen LogP contribution is 2.35. The summed E-state index contributed by atoms with van der Waals surface area (Å²) in [6.07, 6.45) is 0.432. The van der Waals surface area contributed by atoms with Crippen molar-refractivity contribution in [1.29, 1.82) is 0 Å². The van der Waals surface area contributed by atoms with Gasteiger partial charge in [0.25, 0.3) is 0 Å². The van der Waals surface area contributed by atoms with Gasteiger partial charge in [-0.3, -0.25) is 9.59 Å². The minimum atomic E-state index is -1.20. The first-order chi connectivity index (χ1) is 15.2. The van der Waals surface area contributed by atoms with Gasteiger partial charge >= 0.3 is 11.9 Å². The van der Waals surface area contributed by atoms with Crippen molar-refractivity contribution in [3.8, 4) is 5.75 Å². The molecule has 0 saturated carbocycles. The largest absolute Gasteiger partial charge is 0.507 e. The molecule has 2 unspecified atom stereocenters. The molecular formula is C27H34O6. The van der Waals surface area contributed by atoms with Gasteiger partial charge in [0.2, 0.25) is 0 Å². The van der Waals surface area contributed by atoms with E-state index in [1.165, 1.54) is 12.1 Å². The molecule has 0 radical (unpaired) electrons. The fourth-order valence-electron chi connectivity index (χ4n) is 3.57. The molecule has 2 aromatic carbocycles. The Kier molecular flexibility index (Phi) is 8.06. The highest BCUT2D eigenvalue weighted by atomic mass is 16.6. The van der Waals surface area contributed by atoms with Gasteiger partial charge in [0.1, 0.15) is 22.9 Å². The zero-order valence-corrected chi connectivity index (χ0v) is 20.5. The first-order valence-electron chi connectivity index (χ1n) is 11.1. The molecule has 0 heterocycles. The van der Waals surface area contributed by atoms with Crippen molar-refractivity contribution in [2.24, 2.45) is 5.92 Å². The summed E-state index contributed by atoms with van der Waals surface area (Å²) in [5.41, 5.74) is -0.434. The smallest absolute Gasteiger partial charge is 0.338 e. The van der Waals surface area contributed by atoms with Crippen molar-refractivity contribution in [1.82, 2.24) is 0 Å². The highest BCUT2D eigenvalue weighted by molar-refractivity contribution is 6.10.